The predicted molar refractivity (Wildman–Crippen MR) is 90.7 cm³/mol. The quantitative estimate of drug-likeness (QED) is 0.422. The summed E-state index contributed by atoms with van der Waals surface area (Å²) in [5.41, 5.74) is 0. The van der Waals surface area contributed by atoms with Gasteiger partial charge in [-0.15, -0.1) is 0 Å². The summed E-state index contributed by atoms with van der Waals surface area (Å²) in [7, 11) is 0. The van der Waals surface area contributed by atoms with Gasteiger partial charge >= 0.3 is 0 Å². The normalized spacial score (nSPS) is 19.3. The average molecular weight is 288 g/mol. The smallest absolute Gasteiger partial charge is 0.105 e. The Morgan fingerprint density at radius 2 is 1.43 bits per heavy atom. The van der Waals surface area contributed by atoms with Crippen LogP contribution in [0.1, 0.15) is 84.0 Å². The van der Waals surface area contributed by atoms with E-state index in [0.29, 0.717) is 0 Å². The van der Waals surface area contributed by atoms with Crippen LogP contribution in [0.25, 0.3) is 0 Å². The van der Waals surface area contributed by atoms with Crippen LogP contribution < -0.4 is 0 Å². The first-order chi connectivity index (χ1) is 10.4. The molecule has 0 unspecified atom stereocenters. The summed E-state index contributed by atoms with van der Waals surface area (Å²) in [6.45, 7) is 2.20. The van der Waals surface area contributed by atoms with Gasteiger partial charge in [-0.3, -0.25) is 0 Å². The molecule has 2 atom stereocenters. The van der Waals surface area contributed by atoms with E-state index in [-0.39, 0.29) is 6.61 Å². The highest BCUT2D eigenvalue weighted by atomic mass is 16.2. The van der Waals surface area contributed by atoms with Gasteiger partial charge in [0.2, 0.25) is 0 Å². The van der Waals surface area contributed by atoms with E-state index in [2.05, 4.69) is 30.6 Å². The monoisotopic (exact) mass is 288 g/mol. The molecular weight excluding hydrogens is 256 g/mol. The minimum atomic E-state index is -0.0875. The van der Waals surface area contributed by atoms with Gasteiger partial charge in [-0.25, -0.2) is 0 Å². The number of rotatable bonds is 11. The number of hydrogen-bond acceptors (Lipinski definition) is 1. The third kappa shape index (κ3) is 10.4. The molecule has 1 saturated carbocycles. The third-order valence-corrected chi connectivity index (χ3v) is 4.44. The number of aliphatic hydroxyl groups excluding tert-OH is 1. The average Bonchev–Trinajstić information content (AvgIpc) is 3.24. The van der Waals surface area contributed by atoms with E-state index >= 15 is 0 Å². The summed E-state index contributed by atoms with van der Waals surface area (Å²) in [5.74, 6) is 13.1. The van der Waals surface area contributed by atoms with Crippen molar-refractivity contribution in [3.05, 3.63) is 0 Å². The van der Waals surface area contributed by atoms with Gasteiger partial charge in [-0.2, -0.15) is 0 Å². The first kappa shape index (κ1) is 18.1. The molecule has 1 rings (SSSR count). The number of hydrogen-bond donors (Lipinski definition) is 1. The van der Waals surface area contributed by atoms with Gasteiger partial charge < -0.3 is 5.11 Å². The van der Waals surface area contributed by atoms with Crippen LogP contribution >= 0.6 is 0 Å². The van der Waals surface area contributed by atoms with Gasteiger partial charge in [0.15, 0.2) is 0 Å². The lowest BCUT2D eigenvalue weighted by atomic mass is 10.0. The Morgan fingerprint density at radius 3 is 2.10 bits per heavy atom. The van der Waals surface area contributed by atoms with Crippen LogP contribution in [0.5, 0.6) is 0 Å². The Balaban J connectivity index is 1.83. The van der Waals surface area contributed by atoms with Crippen molar-refractivity contribution >= 4 is 0 Å². The fraction of sp³-hybridized carbons (Fsp3) is 0.800. The van der Waals surface area contributed by atoms with Crippen molar-refractivity contribution in [2.45, 2.75) is 84.0 Å². The topological polar surface area (TPSA) is 20.2 Å². The molecular formula is C20H32O. The Morgan fingerprint density at radius 1 is 0.810 bits per heavy atom. The van der Waals surface area contributed by atoms with Crippen LogP contribution in [0, 0.1) is 35.5 Å². The molecule has 0 aromatic rings. The van der Waals surface area contributed by atoms with E-state index in [1.807, 2.05) is 0 Å². The standard InChI is InChI=1S/C20H32O/c1-2-3-4-9-12-15-19-18-20(19)16-13-10-7-5-6-8-11-14-17-21/h19-21H,2-5,7,9-10,12-13,15-18H2,1H3/t19-,20+/m0/s1. The molecule has 0 aromatic carbocycles. The Hall–Kier alpha value is -0.920. The maximum atomic E-state index is 8.47. The molecule has 0 saturated heterocycles. The highest BCUT2D eigenvalue weighted by Gasteiger charge is 2.34. The Labute approximate surface area is 131 Å². The summed E-state index contributed by atoms with van der Waals surface area (Å²) in [6, 6.07) is 0. The van der Waals surface area contributed by atoms with Gasteiger partial charge in [0.05, 0.1) is 0 Å². The maximum absolute atomic E-state index is 8.47. The van der Waals surface area contributed by atoms with Crippen LogP contribution in [-0.2, 0) is 0 Å². The Bertz CT molecular complexity index is 363. The molecule has 1 N–H and O–H groups in total. The molecule has 1 aliphatic rings. The second kappa shape index (κ2) is 12.8. The maximum Gasteiger partial charge on any atom is 0.105 e. The summed E-state index contributed by atoms with van der Waals surface area (Å²) < 4.78 is 0. The van der Waals surface area contributed by atoms with Crippen LogP contribution in [0.2, 0.25) is 0 Å². The first-order valence-corrected chi connectivity index (χ1v) is 8.95. The van der Waals surface area contributed by atoms with Crippen LogP contribution in [0.4, 0.5) is 0 Å². The van der Waals surface area contributed by atoms with Crippen molar-refractivity contribution in [3.8, 4) is 23.7 Å². The molecule has 0 aliphatic heterocycles. The highest BCUT2D eigenvalue weighted by molar-refractivity contribution is 5.25. The molecule has 0 spiro atoms. The SMILES string of the molecule is CCCCCCC[C@H]1C[C@H]1CCCCCC#CC#CCO. The molecule has 0 amide bonds. The lowest BCUT2D eigenvalue weighted by molar-refractivity contribution is 0.350. The van der Waals surface area contributed by atoms with Gasteiger partial charge in [0.25, 0.3) is 0 Å². The van der Waals surface area contributed by atoms with Gasteiger partial charge in [-0.1, -0.05) is 76.6 Å². The molecule has 21 heavy (non-hydrogen) atoms. The van der Waals surface area contributed by atoms with Gasteiger partial charge in [-0.05, 0) is 36.5 Å². The molecule has 1 heteroatoms. The van der Waals surface area contributed by atoms with Crippen molar-refractivity contribution in [1.29, 1.82) is 0 Å². The first-order valence-electron chi connectivity index (χ1n) is 8.95. The second-order valence-corrected chi connectivity index (χ2v) is 6.32. The van der Waals surface area contributed by atoms with Gasteiger partial charge in [0.1, 0.15) is 6.61 Å². The summed E-state index contributed by atoms with van der Waals surface area (Å²) in [6.07, 6.45) is 16.4. The second-order valence-electron chi connectivity index (χ2n) is 6.32. The fourth-order valence-electron chi connectivity index (χ4n) is 3.01. The van der Waals surface area contributed by atoms with Crippen molar-refractivity contribution in [2.75, 3.05) is 6.61 Å². The molecule has 0 heterocycles. The zero-order valence-electron chi connectivity index (χ0n) is 13.8. The fourth-order valence-corrected chi connectivity index (χ4v) is 3.01. The van der Waals surface area contributed by atoms with E-state index < -0.39 is 0 Å². The lowest BCUT2D eigenvalue weighted by Crippen LogP contribution is -1.86. The van der Waals surface area contributed by atoms with Crippen molar-refractivity contribution in [2.24, 2.45) is 11.8 Å². The van der Waals surface area contributed by atoms with Crippen LogP contribution in [-0.4, -0.2) is 11.7 Å². The molecule has 1 nitrogen and oxygen atoms in total. The van der Waals surface area contributed by atoms with Crippen LogP contribution in [0.3, 0.4) is 0 Å². The Kier molecular flexibility index (Phi) is 11.0. The number of unbranched alkanes of at least 4 members (excludes halogenated alkanes) is 7. The van der Waals surface area contributed by atoms with Crippen molar-refractivity contribution in [3.63, 3.8) is 0 Å². The zero-order chi connectivity index (χ0) is 15.2. The van der Waals surface area contributed by atoms with Crippen molar-refractivity contribution in [1.82, 2.24) is 0 Å². The molecule has 0 aromatic heterocycles. The molecule has 1 fully saturated rings. The van der Waals surface area contributed by atoms with E-state index in [0.717, 1.165) is 18.3 Å². The highest BCUT2D eigenvalue weighted by Crippen LogP contribution is 2.45. The van der Waals surface area contributed by atoms with E-state index in [1.54, 1.807) is 0 Å². The minimum absolute atomic E-state index is 0.0875. The summed E-state index contributed by atoms with van der Waals surface area (Å²) >= 11 is 0. The van der Waals surface area contributed by atoms with Crippen molar-refractivity contribution < 1.29 is 5.11 Å². The van der Waals surface area contributed by atoms with Crippen LogP contribution in [0.15, 0.2) is 0 Å². The largest absolute Gasteiger partial charge is 0.384 e. The van der Waals surface area contributed by atoms with E-state index in [9.17, 15) is 0 Å². The minimum Gasteiger partial charge on any atom is -0.384 e. The summed E-state index contributed by atoms with van der Waals surface area (Å²) in [5, 5.41) is 8.47. The lowest BCUT2D eigenvalue weighted by Gasteiger charge is -2.01. The summed E-state index contributed by atoms with van der Waals surface area (Å²) in [4.78, 5) is 0. The zero-order valence-corrected chi connectivity index (χ0v) is 13.8. The molecule has 1 aliphatic carbocycles. The third-order valence-electron chi connectivity index (χ3n) is 4.44. The molecule has 118 valence electrons. The van der Waals surface area contributed by atoms with Gasteiger partial charge in [0, 0.05) is 6.42 Å². The number of aliphatic hydroxyl groups is 1. The molecule has 0 bridgehead atoms. The predicted octanol–water partition coefficient (Wildman–Crippen LogP) is 4.93. The van der Waals surface area contributed by atoms with E-state index in [4.69, 9.17) is 5.11 Å². The molecule has 0 radical (unpaired) electrons. The van der Waals surface area contributed by atoms with E-state index in [1.165, 1.54) is 70.6 Å².